The van der Waals surface area contributed by atoms with Crippen LogP contribution in [0.4, 0.5) is 5.69 Å². The minimum absolute atomic E-state index is 0.0263. The maximum atomic E-state index is 12.8. The molecule has 0 fully saturated rings. The van der Waals surface area contributed by atoms with E-state index in [1.165, 1.54) is 16.8 Å². The summed E-state index contributed by atoms with van der Waals surface area (Å²) in [5.74, 6) is -0.540. The van der Waals surface area contributed by atoms with Crippen molar-refractivity contribution in [2.75, 3.05) is 0 Å². The molecule has 0 bridgehead atoms. The lowest BCUT2D eigenvalue weighted by atomic mass is 10.1. The molecule has 1 aromatic heterocycles. The van der Waals surface area contributed by atoms with Crippen LogP contribution in [0.5, 0.6) is 0 Å². The van der Waals surface area contributed by atoms with Crippen LogP contribution in [-0.2, 0) is 6.54 Å². The van der Waals surface area contributed by atoms with Gasteiger partial charge in [0.1, 0.15) is 0 Å². The van der Waals surface area contributed by atoms with E-state index in [4.69, 9.17) is 0 Å². The number of rotatable bonds is 8. The molecule has 1 heterocycles. The molecule has 0 saturated carbocycles. The number of nitro benzene ring substituents is 1. The van der Waals surface area contributed by atoms with Gasteiger partial charge < -0.3 is 0 Å². The largest absolute Gasteiger partial charge is 0.292 e. The Labute approximate surface area is 178 Å². The minimum Gasteiger partial charge on any atom is -0.267 e. The van der Waals surface area contributed by atoms with Crippen LogP contribution in [0.15, 0.2) is 58.4 Å². The van der Waals surface area contributed by atoms with Crippen LogP contribution in [0.3, 0.4) is 0 Å². The first-order chi connectivity index (χ1) is 14.9. The number of nitrogens with one attached hydrogen (secondary N) is 1. The van der Waals surface area contributed by atoms with Crippen LogP contribution in [0, 0.1) is 10.1 Å². The zero-order valence-electron chi connectivity index (χ0n) is 17.4. The Kier molecular flexibility index (Phi) is 6.86. The summed E-state index contributed by atoms with van der Waals surface area (Å²) in [5.41, 5.74) is 3.45. The average Bonchev–Trinajstić information content (AvgIpc) is 2.79. The molecular formula is C22H23N5O4. The highest BCUT2D eigenvalue weighted by Gasteiger charge is 2.16. The number of hydrogen-bond acceptors (Lipinski definition) is 6. The maximum absolute atomic E-state index is 12.8. The van der Waals surface area contributed by atoms with E-state index in [-0.39, 0.29) is 16.9 Å². The van der Waals surface area contributed by atoms with Gasteiger partial charge in [0.25, 0.3) is 17.2 Å². The smallest absolute Gasteiger partial charge is 0.267 e. The number of carbonyl (C=O) groups excluding carboxylic acids is 1. The van der Waals surface area contributed by atoms with Gasteiger partial charge in [-0.2, -0.15) is 10.2 Å². The van der Waals surface area contributed by atoms with Gasteiger partial charge >= 0.3 is 0 Å². The van der Waals surface area contributed by atoms with E-state index in [0.717, 1.165) is 19.3 Å². The molecule has 1 N–H and O–H groups in total. The SMILES string of the molecule is CCCCCn1nc(C(=O)N/N=C(/C)c2ccc([N+](=O)[O-])cc2)c2ccccc2c1=O. The number of hydrazone groups is 1. The molecule has 31 heavy (non-hydrogen) atoms. The molecule has 0 aliphatic heterocycles. The number of benzene rings is 2. The van der Waals surface area contributed by atoms with Crippen LogP contribution in [0.1, 0.15) is 49.2 Å². The molecule has 0 aliphatic carbocycles. The highest BCUT2D eigenvalue weighted by Crippen LogP contribution is 2.15. The van der Waals surface area contributed by atoms with E-state index in [1.807, 2.05) is 0 Å². The molecule has 0 saturated heterocycles. The van der Waals surface area contributed by atoms with Crippen LogP contribution in [-0.4, -0.2) is 26.3 Å². The van der Waals surface area contributed by atoms with Crippen molar-refractivity contribution in [3.63, 3.8) is 0 Å². The van der Waals surface area contributed by atoms with Gasteiger partial charge in [-0.05, 0) is 37.1 Å². The topological polar surface area (TPSA) is 119 Å². The number of aryl methyl sites for hydroxylation is 1. The summed E-state index contributed by atoms with van der Waals surface area (Å²) in [4.78, 5) is 35.9. The zero-order valence-corrected chi connectivity index (χ0v) is 17.4. The van der Waals surface area contributed by atoms with Crippen molar-refractivity contribution in [1.29, 1.82) is 0 Å². The van der Waals surface area contributed by atoms with Crippen molar-refractivity contribution in [1.82, 2.24) is 15.2 Å². The molecule has 0 spiro atoms. The highest BCUT2D eigenvalue weighted by atomic mass is 16.6. The third kappa shape index (κ3) is 5.00. The molecule has 0 unspecified atom stereocenters. The molecule has 3 rings (SSSR count). The summed E-state index contributed by atoms with van der Waals surface area (Å²) in [6, 6.07) is 12.7. The Bertz CT molecular complexity index is 1200. The van der Waals surface area contributed by atoms with E-state index >= 15 is 0 Å². The Hall–Kier alpha value is -3.88. The Morgan fingerprint density at radius 1 is 1.13 bits per heavy atom. The number of nitrogens with zero attached hydrogens (tertiary/aromatic N) is 4. The standard InChI is InChI=1S/C22H23N5O4/c1-3-4-7-14-26-22(29)19-9-6-5-8-18(19)20(25-26)21(28)24-23-15(2)16-10-12-17(13-11-16)27(30)31/h5-6,8-13H,3-4,7,14H2,1-2H3,(H,24,28)/b23-15-. The second-order valence-electron chi connectivity index (χ2n) is 7.07. The van der Waals surface area contributed by atoms with Crippen molar-refractivity contribution in [2.24, 2.45) is 5.10 Å². The molecule has 0 atom stereocenters. The van der Waals surface area contributed by atoms with Gasteiger partial charge in [0.15, 0.2) is 5.69 Å². The lowest BCUT2D eigenvalue weighted by Gasteiger charge is -2.10. The van der Waals surface area contributed by atoms with Crippen LogP contribution >= 0.6 is 0 Å². The fourth-order valence-corrected chi connectivity index (χ4v) is 3.14. The third-order valence-electron chi connectivity index (χ3n) is 4.88. The first kappa shape index (κ1) is 21.8. The van der Waals surface area contributed by atoms with Crippen molar-refractivity contribution in [3.8, 4) is 0 Å². The first-order valence-electron chi connectivity index (χ1n) is 10.0. The number of non-ortho nitro benzene ring substituents is 1. The van der Waals surface area contributed by atoms with Gasteiger partial charge in [0, 0.05) is 24.1 Å². The molecule has 9 heteroatoms. The third-order valence-corrected chi connectivity index (χ3v) is 4.88. The number of nitro groups is 1. The second kappa shape index (κ2) is 9.75. The molecule has 9 nitrogen and oxygen atoms in total. The van der Waals surface area contributed by atoms with Crippen LogP contribution < -0.4 is 11.0 Å². The zero-order chi connectivity index (χ0) is 22.4. The van der Waals surface area contributed by atoms with Crippen molar-refractivity contribution >= 4 is 28.1 Å². The second-order valence-corrected chi connectivity index (χ2v) is 7.07. The lowest BCUT2D eigenvalue weighted by Crippen LogP contribution is -2.29. The van der Waals surface area contributed by atoms with Crippen molar-refractivity contribution in [3.05, 3.63) is 80.3 Å². The molecular weight excluding hydrogens is 398 g/mol. The molecule has 160 valence electrons. The number of amides is 1. The maximum Gasteiger partial charge on any atom is 0.292 e. The molecule has 1 amide bonds. The fourth-order valence-electron chi connectivity index (χ4n) is 3.14. The summed E-state index contributed by atoms with van der Waals surface area (Å²) in [7, 11) is 0. The summed E-state index contributed by atoms with van der Waals surface area (Å²) in [6.07, 6.45) is 2.76. The minimum atomic E-state index is -0.540. The molecule has 2 aromatic carbocycles. The van der Waals surface area contributed by atoms with E-state index in [9.17, 15) is 19.7 Å². The van der Waals surface area contributed by atoms with E-state index in [1.54, 1.807) is 43.3 Å². The predicted octanol–water partition coefficient (Wildman–Crippen LogP) is 3.65. The molecule has 0 radical (unpaired) electrons. The van der Waals surface area contributed by atoms with Crippen molar-refractivity contribution < 1.29 is 9.72 Å². The Balaban J connectivity index is 1.88. The van der Waals surface area contributed by atoms with Gasteiger partial charge in [0.2, 0.25) is 0 Å². The predicted molar refractivity (Wildman–Crippen MR) is 118 cm³/mol. The van der Waals surface area contributed by atoms with Crippen LogP contribution in [0.2, 0.25) is 0 Å². The number of hydrogen-bond donors (Lipinski definition) is 1. The van der Waals surface area contributed by atoms with E-state index < -0.39 is 10.8 Å². The fraction of sp³-hybridized carbons (Fsp3) is 0.273. The molecule has 0 aliphatic rings. The Morgan fingerprint density at radius 3 is 2.45 bits per heavy atom. The summed E-state index contributed by atoms with van der Waals surface area (Å²) in [6.45, 7) is 4.18. The quantitative estimate of drug-likeness (QED) is 0.258. The monoisotopic (exact) mass is 421 g/mol. The van der Waals surface area contributed by atoms with Gasteiger partial charge in [-0.25, -0.2) is 10.1 Å². The number of unbranched alkanes of at least 4 members (excludes halogenated alkanes) is 2. The Morgan fingerprint density at radius 2 is 1.81 bits per heavy atom. The average molecular weight is 421 g/mol. The van der Waals surface area contributed by atoms with Gasteiger partial charge in [0.05, 0.1) is 16.0 Å². The van der Waals surface area contributed by atoms with Gasteiger partial charge in [-0.1, -0.05) is 38.0 Å². The summed E-state index contributed by atoms with van der Waals surface area (Å²) >= 11 is 0. The number of fused-ring (bicyclic) bond motifs is 1. The first-order valence-corrected chi connectivity index (χ1v) is 10.0. The number of carbonyl (C=O) groups is 1. The van der Waals surface area contributed by atoms with Crippen molar-refractivity contribution in [2.45, 2.75) is 39.7 Å². The normalized spacial score (nSPS) is 11.5. The summed E-state index contributed by atoms with van der Waals surface area (Å²) in [5, 5.41) is 20.1. The highest BCUT2D eigenvalue weighted by molar-refractivity contribution is 6.06. The number of aromatic nitrogens is 2. The van der Waals surface area contributed by atoms with E-state index in [0.29, 0.717) is 28.6 Å². The van der Waals surface area contributed by atoms with Gasteiger partial charge in [-0.15, -0.1) is 0 Å². The lowest BCUT2D eigenvalue weighted by molar-refractivity contribution is -0.384. The van der Waals surface area contributed by atoms with Crippen LogP contribution in [0.25, 0.3) is 10.8 Å². The summed E-state index contributed by atoms with van der Waals surface area (Å²) < 4.78 is 1.33. The van der Waals surface area contributed by atoms with Gasteiger partial charge in [-0.3, -0.25) is 19.7 Å². The molecule has 3 aromatic rings. The van der Waals surface area contributed by atoms with E-state index in [2.05, 4.69) is 22.5 Å².